The Morgan fingerprint density at radius 3 is 2.26 bits per heavy atom. The second kappa shape index (κ2) is 10.1. The summed E-state index contributed by atoms with van der Waals surface area (Å²) < 4.78 is 64.9. The molecule has 1 N–H and O–H groups in total. The summed E-state index contributed by atoms with van der Waals surface area (Å²) in [6, 6.07) is 14.8. The van der Waals surface area contributed by atoms with Crippen LogP contribution in [-0.2, 0) is 16.0 Å². The van der Waals surface area contributed by atoms with Crippen molar-refractivity contribution in [2.45, 2.75) is 29.2 Å². The molecule has 1 aliphatic heterocycles. The monoisotopic (exact) mass is 540 g/mol. The van der Waals surface area contributed by atoms with Gasteiger partial charge in [0.05, 0.1) is 21.2 Å². The molecule has 2 aromatic carbocycles. The molecule has 5 rings (SSSR count). The number of hydrogen-bond donors (Lipinski definition) is 1. The first-order valence-electron chi connectivity index (χ1n) is 11.9. The molecule has 0 unspecified atom stereocenters. The first kappa shape index (κ1) is 25.7. The summed E-state index contributed by atoms with van der Waals surface area (Å²) in [4.78, 5) is 22.8. The van der Waals surface area contributed by atoms with Gasteiger partial charge in [-0.3, -0.25) is 14.8 Å². The Morgan fingerprint density at radius 2 is 1.61 bits per heavy atom. The maximum Gasteiger partial charge on any atom is 0.416 e. The summed E-state index contributed by atoms with van der Waals surface area (Å²) in [7, 11) is -3.48. The molecule has 3 heterocycles. The number of sulfone groups is 1. The average molecular weight is 541 g/mol. The Bertz CT molecular complexity index is 1570. The maximum atomic E-state index is 13.0. The molecule has 2 aromatic heterocycles. The van der Waals surface area contributed by atoms with E-state index in [9.17, 15) is 26.4 Å². The topological polar surface area (TPSA) is 92.3 Å². The molecule has 11 heteroatoms. The number of hydrogen-bond acceptors (Lipinski definition) is 6. The van der Waals surface area contributed by atoms with Crippen LogP contribution in [0.2, 0.25) is 0 Å². The van der Waals surface area contributed by atoms with E-state index in [1.54, 1.807) is 35.2 Å². The summed E-state index contributed by atoms with van der Waals surface area (Å²) in [5.41, 5.74) is 1.14. The molecule has 38 heavy (non-hydrogen) atoms. The zero-order valence-electron chi connectivity index (χ0n) is 20.0. The molecular formula is C27H23F3N4O3S. The van der Waals surface area contributed by atoms with Crippen LogP contribution in [0.15, 0.2) is 84.1 Å². The molecule has 196 valence electrons. The number of carbonyl (C=O) groups is 1. The lowest BCUT2D eigenvalue weighted by Gasteiger charge is -2.31. The number of likely N-dealkylation sites (tertiary alicyclic amines) is 1. The van der Waals surface area contributed by atoms with Gasteiger partial charge in [-0.25, -0.2) is 8.42 Å². The number of halogens is 3. The highest BCUT2D eigenvalue weighted by Gasteiger charge is 2.33. The van der Waals surface area contributed by atoms with E-state index < -0.39 is 26.8 Å². The molecular weight excluding hydrogens is 517 g/mol. The van der Waals surface area contributed by atoms with Gasteiger partial charge in [-0.15, -0.1) is 0 Å². The van der Waals surface area contributed by atoms with Crippen LogP contribution in [0.4, 0.5) is 24.5 Å². The minimum atomic E-state index is -4.45. The van der Waals surface area contributed by atoms with Crippen molar-refractivity contribution in [3.63, 3.8) is 0 Å². The first-order valence-corrected chi connectivity index (χ1v) is 13.4. The van der Waals surface area contributed by atoms with Gasteiger partial charge in [-0.1, -0.05) is 6.07 Å². The minimum Gasteiger partial charge on any atom is -0.355 e. The van der Waals surface area contributed by atoms with Crippen LogP contribution < -0.4 is 5.32 Å². The van der Waals surface area contributed by atoms with Crippen LogP contribution in [0.25, 0.3) is 10.9 Å². The fraction of sp³-hybridized carbons (Fsp3) is 0.222. The predicted octanol–water partition coefficient (Wildman–Crippen LogP) is 5.47. The maximum absolute atomic E-state index is 13.0. The number of alkyl halides is 3. The number of carbonyl (C=O) groups excluding carboxylic acids is 1. The molecule has 1 amide bonds. The highest BCUT2D eigenvalue weighted by atomic mass is 32.2. The summed E-state index contributed by atoms with van der Waals surface area (Å²) in [6.45, 7) is 0.660. The molecule has 1 fully saturated rings. The predicted molar refractivity (Wildman–Crippen MR) is 137 cm³/mol. The van der Waals surface area contributed by atoms with Crippen LogP contribution in [0.3, 0.4) is 0 Å². The summed E-state index contributed by atoms with van der Waals surface area (Å²) in [5.74, 6) is -0.189. The van der Waals surface area contributed by atoms with Gasteiger partial charge in [0, 0.05) is 54.0 Å². The van der Waals surface area contributed by atoms with E-state index in [4.69, 9.17) is 0 Å². The van der Waals surface area contributed by atoms with E-state index in [1.807, 2.05) is 0 Å². The van der Waals surface area contributed by atoms with E-state index >= 15 is 0 Å². The normalized spacial score (nSPS) is 15.0. The van der Waals surface area contributed by atoms with Gasteiger partial charge in [0.2, 0.25) is 0 Å². The Labute approximate surface area is 217 Å². The lowest BCUT2D eigenvalue weighted by Crippen LogP contribution is -2.42. The lowest BCUT2D eigenvalue weighted by molar-refractivity contribution is -0.137. The third-order valence-corrected chi connectivity index (χ3v) is 8.91. The van der Waals surface area contributed by atoms with Crippen molar-refractivity contribution in [1.29, 1.82) is 0 Å². The van der Waals surface area contributed by atoms with Gasteiger partial charge in [-0.05, 0) is 67.4 Å². The SMILES string of the molecule is O=C(c1ccc(Nc2ccnc3cc(C(F)(F)F)ccc23)cc1)N1CCC(S(=O)(=O)c2ccncc2)CC1. The van der Waals surface area contributed by atoms with Crippen molar-refractivity contribution in [2.24, 2.45) is 0 Å². The van der Waals surface area contributed by atoms with Gasteiger partial charge in [0.1, 0.15) is 0 Å². The van der Waals surface area contributed by atoms with Crippen molar-refractivity contribution in [3.05, 3.63) is 90.4 Å². The zero-order valence-corrected chi connectivity index (χ0v) is 20.8. The number of amides is 1. The van der Waals surface area contributed by atoms with E-state index in [-0.39, 0.29) is 16.3 Å². The summed E-state index contributed by atoms with van der Waals surface area (Å²) in [6.07, 6.45) is 0.574. The van der Waals surface area contributed by atoms with E-state index in [2.05, 4.69) is 15.3 Å². The van der Waals surface area contributed by atoms with Crippen molar-refractivity contribution in [3.8, 4) is 0 Å². The van der Waals surface area contributed by atoms with Crippen molar-refractivity contribution >= 4 is 38.0 Å². The van der Waals surface area contributed by atoms with E-state index in [1.165, 1.54) is 36.8 Å². The molecule has 0 spiro atoms. The number of nitrogens with zero attached hydrogens (tertiary/aromatic N) is 3. The third kappa shape index (κ3) is 5.19. The molecule has 0 saturated carbocycles. The fourth-order valence-electron chi connectivity index (χ4n) is 4.56. The molecule has 4 aromatic rings. The van der Waals surface area contributed by atoms with Crippen molar-refractivity contribution in [2.75, 3.05) is 18.4 Å². The molecule has 1 aliphatic rings. The molecule has 7 nitrogen and oxygen atoms in total. The second-order valence-electron chi connectivity index (χ2n) is 9.01. The first-order chi connectivity index (χ1) is 18.1. The molecule has 1 saturated heterocycles. The van der Waals surface area contributed by atoms with Gasteiger partial charge in [0.15, 0.2) is 9.84 Å². The number of pyridine rings is 2. The number of fused-ring (bicyclic) bond motifs is 1. The smallest absolute Gasteiger partial charge is 0.355 e. The molecule has 0 aliphatic carbocycles. The quantitative estimate of drug-likeness (QED) is 0.361. The lowest BCUT2D eigenvalue weighted by atomic mass is 10.1. The number of anilines is 2. The van der Waals surface area contributed by atoms with Crippen LogP contribution in [0.5, 0.6) is 0 Å². The summed E-state index contributed by atoms with van der Waals surface area (Å²) >= 11 is 0. The molecule has 0 atom stereocenters. The molecule has 0 bridgehead atoms. The number of piperidine rings is 1. The van der Waals surface area contributed by atoms with E-state index in [0.29, 0.717) is 48.3 Å². The van der Waals surface area contributed by atoms with Crippen molar-refractivity contribution in [1.82, 2.24) is 14.9 Å². The Kier molecular flexibility index (Phi) is 6.78. The van der Waals surface area contributed by atoms with Crippen LogP contribution in [0.1, 0.15) is 28.8 Å². The standard InChI is InChI=1S/C27H23F3N4O3S/c28-27(29,30)19-3-6-23-24(9-14-32-25(23)17-19)33-20-4-1-18(2-5-20)26(35)34-15-10-22(11-16-34)38(36,37)21-7-12-31-13-8-21/h1-9,12-14,17,22H,10-11,15-16H2,(H,32,33). The van der Waals surface area contributed by atoms with Crippen LogP contribution in [-0.4, -0.2) is 47.5 Å². The largest absolute Gasteiger partial charge is 0.416 e. The number of rotatable bonds is 5. The Balaban J connectivity index is 1.25. The Hall–Kier alpha value is -3.99. The zero-order chi connectivity index (χ0) is 26.9. The van der Waals surface area contributed by atoms with Gasteiger partial charge in [-0.2, -0.15) is 13.2 Å². The van der Waals surface area contributed by atoms with Crippen molar-refractivity contribution < 1.29 is 26.4 Å². The second-order valence-corrected chi connectivity index (χ2v) is 11.2. The molecule has 0 radical (unpaired) electrons. The van der Waals surface area contributed by atoms with Crippen LogP contribution in [0, 0.1) is 0 Å². The minimum absolute atomic E-state index is 0.189. The number of aromatic nitrogens is 2. The van der Waals surface area contributed by atoms with Gasteiger partial charge in [0.25, 0.3) is 5.91 Å². The Morgan fingerprint density at radius 1 is 0.921 bits per heavy atom. The fourth-order valence-corrected chi connectivity index (χ4v) is 6.27. The van der Waals surface area contributed by atoms with Gasteiger partial charge < -0.3 is 10.2 Å². The summed E-state index contributed by atoms with van der Waals surface area (Å²) in [5, 5.41) is 3.15. The van der Waals surface area contributed by atoms with Gasteiger partial charge >= 0.3 is 6.18 Å². The van der Waals surface area contributed by atoms with Crippen LogP contribution >= 0.6 is 0 Å². The average Bonchev–Trinajstić information content (AvgIpc) is 2.93. The highest BCUT2D eigenvalue weighted by molar-refractivity contribution is 7.92. The highest BCUT2D eigenvalue weighted by Crippen LogP contribution is 2.33. The third-order valence-electron chi connectivity index (χ3n) is 6.63. The number of benzene rings is 2. The van der Waals surface area contributed by atoms with E-state index in [0.717, 1.165) is 12.1 Å². The number of nitrogens with one attached hydrogen (secondary N) is 1.